The molecule has 3 unspecified atom stereocenters. The smallest absolute Gasteiger partial charge is 0.314 e. The van der Waals surface area contributed by atoms with Crippen LogP contribution in [0.4, 0.5) is 5.69 Å². The van der Waals surface area contributed by atoms with Crippen LogP contribution in [0.5, 0.6) is 0 Å². The molecule has 0 aromatic heterocycles. The number of nitrogens with zero attached hydrogens (tertiary/aromatic N) is 1. The van der Waals surface area contributed by atoms with Gasteiger partial charge in [0.25, 0.3) is 5.91 Å². The Morgan fingerprint density at radius 2 is 1.70 bits per heavy atom. The summed E-state index contributed by atoms with van der Waals surface area (Å²) >= 11 is 0. The van der Waals surface area contributed by atoms with Gasteiger partial charge in [-0.2, -0.15) is 5.26 Å². The molecular weight excluding hydrogens is 340 g/mol. The van der Waals surface area contributed by atoms with Crippen molar-refractivity contribution in [1.29, 1.82) is 5.26 Å². The lowest BCUT2D eigenvalue weighted by Crippen LogP contribution is -2.33. The van der Waals surface area contributed by atoms with Gasteiger partial charge in [0.1, 0.15) is 0 Å². The van der Waals surface area contributed by atoms with Crippen LogP contribution in [0.25, 0.3) is 0 Å². The molecule has 0 saturated heterocycles. The van der Waals surface area contributed by atoms with E-state index < -0.39 is 23.9 Å². The van der Waals surface area contributed by atoms with Gasteiger partial charge in [-0.05, 0) is 42.7 Å². The molecule has 2 rings (SSSR count). The molecule has 1 N–H and O–H groups in total. The van der Waals surface area contributed by atoms with Crippen molar-refractivity contribution in [2.45, 2.75) is 39.2 Å². The van der Waals surface area contributed by atoms with Crippen LogP contribution in [-0.2, 0) is 14.3 Å². The number of ether oxygens (including phenoxy) is 1. The van der Waals surface area contributed by atoms with E-state index in [0.29, 0.717) is 11.3 Å². The van der Waals surface area contributed by atoms with Gasteiger partial charge in [0.2, 0.25) is 0 Å². The molecule has 5 nitrogen and oxygen atoms in total. The van der Waals surface area contributed by atoms with E-state index in [0.717, 1.165) is 12.0 Å². The summed E-state index contributed by atoms with van der Waals surface area (Å²) in [4.78, 5) is 25.1. The molecule has 2 aromatic carbocycles. The second-order valence-electron chi connectivity index (χ2n) is 6.53. The Hall–Kier alpha value is -3.13. The fraction of sp³-hybridized carbons (Fsp3) is 0.318. The van der Waals surface area contributed by atoms with E-state index >= 15 is 0 Å². The number of benzene rings is 2. The van der Waals surface area contributed by atoms with Crippen LogP contribution >= 0.6 is 0 Å². The van der Waals surface area contributed by atoms with Gasteiger partial charge in [-0.25, -0.2) is 0 Å². The lowest BCUT2D eigenvalue weighted by molar-refractivity contribution is -0.155. The number of nitriles is 1. The number of amides is 1. The molecule has 140 valence electrons. The number of carbonyl (C=O) groups is 2. The number of anilines is 1. The molecule has 0 aliphatic rings. The standard InChI is InChI=1S/C22H24N2O3/c1-4-15(2)20(18-8-6-5-7-9-18)22(26)27-16(3)21(25)24-19-12-10-17(14-23)11-13-19/h5-13,15-16,20H,4H2,1-3H3,(H,24,25). The van der Waals surface area contributed by atoms with E-state index in [4.69, 9.17) is 10.00 Å². The summed E-state index contributed by atoms with van der Waals surface area (Å²) in [6.45, 7) is 5.57. The molecule has 0 spiro atoms. The molecule has 0 radical (unpaired) electrons. The molecule has 0 aliphatic heterocycles. The molecule has 0 saturated carbocycles. The quantitative estimate of drug-likeness (QED) is 0.745. The largest absolute Gasteiger partial charge is 0.452 e. The van der Waals surface area contributed by atoms with Crippen molar-refractivity contribution in [1.82, 2.24) is 0 Å². The summed E-state index contributed by atoms with van der Waals surface area (Å²) in [5.41, 5.74) is 1.94. The van der Waals surface area contributed by atoms with Crippen molar-refractivity contribution in [3.05, 3.63) is 65.7 Å². The molecule has 5 heteroatoms. The van der Waals surface area contributed by atoms with Crippen LogP contribution in [-0.4, -0.2) is 18.0 Å². The third kappa shape index (κ3) is 5.42. The topological polar surface area (TPSA) is 79.2 Å². The van der Waals surface area contributed by atoms with Crippen molar-refractivity contribution in [3.63, 3.8) is 0 Å². The zero-order valence-electron chi connectivity index (χ0n) is 15.8. The minimum atomic E-state index is -0.927. The lowest BCUT2D eigenvalue weighted by atomic mass is 9.85. The fourth-order valence-corrected chi connectivity index (χ4v) is 2.77. The second-order valence-corrected chi connectivity index (χ2v) is 6.53. The monoisotopic (exact) mass is 364 g/mol. The van der Waals surface area contributed by atoms with Gasteiger partial charge >= 0.3 is 5.97 Å². The Labute approximate surface area is 160 Å². The predicted molar refractivity (Wildman–Crippen MR) is 104 cm³/mol. The van der Waals surface area contributed by atoms with Gasteiger partial charge in [0.15, 0.2) is 6.10 Å². The Morgan fingerprint density at radius 3 is 2.26 bits per heavy atom. The van der Waals surface area contributed by atoms with Crippen LogP contribution in [0.15, 0.2) is 54.6 Å². The first-order chi connectivity index (χ1) is 13.0. The van der Waals surface area contributed by atoms with Gasteiger partial charge in [-0.3, -0.25) is 9.59 Å². The van der Waals surface area contributed by atoms with Crippen molar-refractivity contribution < 1.29 is 14.3 Å². The summed E-state index contributed by atoms with van der Waals surface area (Å²) in [6, 6.07) is 18.0. The number of rotatable bonds is 7. The Morgan fingerprint density at radius 1 is 1.07 bits per heavy atom. The van der Waals surface area contributed by atoms with E-state index in [1.807, 2.05) is 50.2 Å². The van der Waals surface area contributed by atoms with Crippen molar-refractivity contribution >= 4 is 17.6 Å². The molecule has 0 fully saturated rings. The molecule has 3 atom stereocenters. The number of carbonyl (C=O) groups excluding carboxylic acids is 2. The van der Waals surface area contributed by atoms with Gasteiger partial charge in [-0.15, -0.1) is 0 Å². The molecule has 2 aromatic rings. The predicted octanol–water partition coefficient (Wildman–Crippen LogP) is 4.26. The normalized spacial score (nSPS) is 13.7. The van der Waals surface area contributed by atoms with Gasteiger partial charge in [0, 0.05) is 5.69 Å². The number of esters is 1. The first-order valence-corrected chi connectivity index (χ1v) is 9.02. The van der Waals surface area contributed by atoms with E-state index in [2.05, 4.69) is 5.32 Å². The third-order valence-corrected chi connectivity index (χ3v) is 4.57. The van der Waals surface area contributed by atoms with E-state index in [-0.39, 0.29) is 5.92 Å². The number of hydrogen-bond acceptors (Lipinski definition) is 4. The third-order valence-electron chi connectivity index (χ3n) is 4.57. The van der Waals surface area contributed by atoms with Crippen molar-refractivity contribution in [3.8, 4) is 6.07 Å². The Balaban J connectivity index is 2.05. The van der Waals surface area contributed by atoms with E-state index in [9.17, 15) is 9.59 Å². The highest BCUT2D eigenvalue weighted by Crippen LogP contribution is 2.28. The van der Waals surface area contributed by atoms with Crippen molar-refractivity contribution in [2.75, 3.05) is 5.32 Å². The van der Waals surface area contributed by atoms with E-state index in [1.165, 1.54) is 0 Å². The maximum atomic E-state index is 12.8. The first-order valence-electron chi connectivity index (χ1n) is 9.02. The number of nitrogens with one attached hydrogen (secondary N) is 1. The Bertz CT molecular complexity index is 810. The summed E-state index contributed by atoms with van der Waals surface area (Å²) < 4.78 is 5.47. The SMILES string of the molecule is CCC(C)C(C(=O)OC(C)C(=O)Nc1ccc(C#N)cc1)c1ccccc1. The molecule has 1 amide bonds. The maximum absolute atomic E-state index is 12.8. The van der Waals surface area contributed by atoms with Crippen molar-refractivity contribution in [2.24, 2.45) is 5.92 Å². The second kappa shape index (κ2) is 9.54. The molecule has 0 bridgehead atoms. The zero-order valence-corrected chi connectivity index (χ0v) is 15.8. The van der Waals surface area contributed by atoms with Crippen LogP contribution in [0.3, 0.4) is 0 Å². The summed E-state index contributed by atoms with van der Waals surface area (Å²) in [5, 5.41) is 11.5. The average molecular weight is 364 g/mol. The molecular formula is C22H24N2O3. The van der Waals surface area contributed by atoms with Crippen LogP contribution in [0.1, 0.15) is 44.2 Å². The van der Waals surface area contributed by atoms with Gasteiger partial charge in [0.05, 0.1) is 17.6 Å². The lowest BCUT2D eigenvalue weighted by Gasteiger charge is -2.23. The van der Waals surface area contributed by atoms with Gasteiger partial charge < -0.3 is 10.1 Å². The minimum Gasteiger partial charge on any atom is -0.452 e. The minimum absolute atomic E-state index is 0.0914. The Kier molecular flexibility index (Phi) is 7.13. The van der Waals surface area contributed by atoms with Gasteiger partial charge in [-0.1, -0.05) is 50.6 Å². The molecule has 0 aliphatic carbocycles. The van der Waals surface area contributed by atoms with Crippen LogP contribution in [0.2, 0.25) is 0 Å². The summed E-state index contributed by atoms with van der Waals surface area (Å²) in [7, 11) is 0. The highest BCUT2D eigenvalue weighted by atomic mass is 16.5. The number of hydrogen-bond donors (Lipinski definition) is 1. The first kappa shape index (κ1) is 20.2. The zero-order chi connectivity index (χ0) is 19.8. The highest BCUT2D eigenvalue weighted by Gasteiger charge is 2.30. The van der Waals surface area contributed by atoms with Crippen LogP contribution in [0, 0.1) is 17.2 Å². The molecule has 27 heavy (non-hydrogen) atoms. The molecule has 0 heterocycles. The highest BCUT2D eigenvalue weighted by molar-refractivity contribution is 5.95. The summed E-state index contributed by atoms with van der Waals surface area (Å²) in [5.74, 6) is -1.14. The summed E-state index contributed by atoms with van der Waals surface area (Å²) in [6.07, 6.45) is -0.107. The van der Waals surface area contributed by atoms with E-state index in [1.54, 1.807) is 31.2 Å². The van der Waals surface area contributed by atoms with Crippen LogP contribution < -0.4 is 5.32 Å². The average Bonchev–Trinajstić information content (AvgIpc) is 2.69. The maximum Gasteiger partial charge on any atom is 0.314 e. The fourth-order valence-electron chi connectivity index (χ4n) is 2.77.